The maximum Gasteiger partial charge on any atom is 0.216 e. The van der Waals surface area contributed by atoms with Crippen molar-refractivity contribution < 1.29 is 9.21 Å². The quantitative estimate of drug-likeness (QED) is 0.724. The molecule has 3 heteroatoms. The number of rotatable bonds is 4. The number of carbonyl (C=O) groups excluding carboxylic acids is 1. The van der Waals surface area contributed by atoms with E-state index in [-0.39, 0.29) is 12.3 Å². The van der Waals surface area contributed by atoms with Crippen LogP contribution in [-0.2, 0) is 0 Å². The van der Waals surface area contributed by atoms with E-state index in [0.29, 0.717) is 5.76 Å². The fourth-order valence-electron chi connectivity index (χ4n) is 2.17. The molecule has 0 atom stereocenters. The van der Waals surface area contributed by atoms with Crippen molar-refractivity contribution in [2.75, 3.05) is 11.9 Å². The minimum Gasteiger partial charge on any atom is -0.453 e. The van der Waals surface area contributed by atoms with E-state index in [4.69, 9.17) is 4.42 Å². The van der Waals surface area contributed by atoms with Gasteiger partial charge in [-0.2, -0.15) is 0 Å². The summed E-state index contributed by atoms with van der Waals surface area (Å²) in [5.41, 5.74) is 2.75. The number of ketones is 1. The van der Waals surface area contributed by atoms with Gasteiger partial charge < -0.3 is 9.73 Å². The first-order valence-electron chi connectivity index (χ1n) is 6.55. The van der Waals surface area contributed by atoms with Gasteiger partial charge in [-0.1, -0.05) is 36.4 Å². The number of para-hydroxylation sites is 2. The lowest BCUT2D eigenvalue weighted by Crippen LogP contribution is -2.13. The average molecular weight is 265 g/mol. The van der Waals surface area contributed by atoms with E-state index >= 15 is 0 Å². The van der Waals surface area contributed by atoms with E-state index < -0.39 is 0 Å². The van der Waals surface area contributed by atoms with Gasteiger partial charge in [-0.25, -0.2) is 0 Å². The van der Waals surface area contributed by atoms with E-state index in [2.05, 4.69) is 5.32 Å². The fraction of sp³-hybridized carbons (Fsp3) is 0.118. The summed E-state index contributed by atoms with van der Waals surface area (Å²) in [6.07, 6.45) is 0. The van der Waals surface area contributed by atoms with Crippen LogP contribution < -0.4 is 5.32 Å². The molecule has 0 aliphatic heterocycles. The summed E-state index contributed by atoms with van der Waals surface area (Å²) in [5, 5.41) is 4.06. The second-order valence-electron chi connectivity index (χ2n) is 4.75. The minimum atomic E-state index is -0.0514. The van der Waals surface area contributed by atoms with E-state index in [0.717, 1.165) is 22.2 Å². The number of aryl methyl sites for hydroxylation is 1. The van der Waals surface area contributed by atoms with E-state index in [9.17, 15) is 4.79 Å². The zero-order valence-electron chi connectivity index (χ0n) is 11.2. The maximum absolute atomic E-state index is 12.1. The standard InChI is InChI=1S/C17H15NO2/c1-12-6-5-7-13-10-16(20-17(12)13)15(19)11-18-14-8-3-2-4-9-14/h2-10,18H,11H2,1H3. The summed E-state index contributed by atoms with van der Waals surface area (Å²) < 4.78 is 5.66. The first-order chi connectivity index (χ1) is 9.74. The number of anilines is 1. The van der Waals surface area contributed by atoms with Crippen LogP contribution in [0.15, 0.2) is 59.0 Å². The summed E-state index contributed by atoms with van der Waals surface area (Å²) >= 11 is 0. The second kappa shape index (κ2) is 5.21. The number of hydrogen-bond acceptors (Lipinski definition) is 3. The molecule has 3 rings (SSSR count). The number of fused-ring (bicyclic) bond motifs is 1. The van der Waals surface area contributed by atoms with Crippen molar-refractivity contribution >= 4 is 22.4 Å². The molecule has 20 heavy (non-hydrogen) atoms. The molecule has 0 spiro atoms. The van der Waals surface area contributed by atoms with E-state index in [1.807, 2.05) is 55.5 Å². The molecule has 0 bridgehead atoms. The zero-order chi connectivity index (χ0) is 13.9. The summed E-state index contributed by atoms with van der Waals surface area (Å²) in [4.78, 5) is 12.1. The third-order valence-electron chi connectivity index (χ3n) is 3.24. The molecule has 100 valence electrons. The Morgan fingerprint density at radius 1 is 1.10 bits per heavy atom. The molecule has 1 heterocycles. The Labute approximate surface area is 117 Å². The predicted molar refractivity (Wildman–Crippen MR) is 80.2 cm³/mol. The van der Waals surface area contributed by atoms with Crippen molar-refractivity contribution in [1.82, 2.24) is 0 Å². The number of hydrogen-bond donors (Lipinski definition) is 1. The highest BCUT2D eigenvalue weighted by Crippen LogP contribution is 2.22. The zero-order valence-corrected chi connectivity index (χ0v) is 11.2. The SMILES string of the molecule is Cc1cccc2cc(C(=O)CNc3ccccc3)oc12. The molecule has 2 aromatic carbocycles. The first-order valence-corrected chi connectivity index (χ1v) is 6.55. The number of nitrogens with one attached hydrogen (secondary N) is 1. The Kier molecular flexibility index (Phi) is 3.25. The molecule has 0 aliphatic rings. The molecule has 0 aliphatic carbocycles. The van der Waals surface area contributed by atoms with Crippen molar-refractivity contribution in [3.05, 3.63) is 65.9 Å². The number of benzene rings is 2. The van der Waals surface area contributed by atoms with Crippen LogP contribution in [0.1, 0.15) is 16.1 Å². The van der Waals surface area contributed by atoms with Crippen molar-refractivity contribution in [1.29, 1.82) is 0 Å². The molecular weight excluding hydrogens is 250 g/mol. The number of furan rings is 1. The topological polar surface area (TPSA) is 42.2 Å². The van der Waals surface area contributed by atoms with Crippen molar-refractivity contribution in [3.63, 3.8) is 0 Å². The highest BCUT2D eigenvalue weighted by molar-refractivity contribution is 6.00. The molecule has 0 unspecified atom stereocenters. The van der Waals surface area contributed by atoms with Gasteiger partial charge in [-0.15, -0.1) is 0 Å². The lowest BCUT2D eigenvalue weighted by molar-refractivity contribution is 0.0982. The first kappa shape index (κ1) is 12.5. The Hall–Kier alpha value is -2.55. The van der Waals surface area contributed by atoms with Gasteiger partial charge in [0.15, 0.2) is 5.76 Å². The highest BCUT2D eigenvalue weighted by atomic mass is 16.3. The predicted octanol–water partition coefficient (Wildman–Crippen LogP) is 4.04. The van der Waals surface area contributed by atoms with Gasteiger partial charge in [0.25, 0.3) is 0 Å². The van der Waals surface area contributed by atoms with Crippen LogP contribution in [0.5, 0.6) is 0 Å². The van der Waals surface area contributed by atoms with Gasteiger partial charge in [0, 0.05) is 11.1 Å². The highest BCUT2D eigenvalue weighted by Gasteiger charge is 2.12. The monoisotopic (exact) mass is 265 g/mol. The van der Waals surface area contributed by atoms with Gasteiger partial charge in [0.05, 0.1) is 6.54 Å². The maximum atomic E-state index is 12.1. The largest absolute Gasteiger partial charge is 0.453 e. The molecule has 0 saturated heterocycles. The average Bonchev–Trinajstić information content (AvgIpc) is 2.91. The van der Waals surface area contributed by atoms with Gasteiger partial charge in [0.1, 0.15) is 5.58 Å². The smallest absolute Gasteiger partial charge is 0.216 e. The Balaban J connectivity index is 1.77. The fourth-order valence-corrected chi connectivity index (χ4v) is 2.17. The van der Waals surface area contributed by atoms with Crippen LogP contribution in [0.2, 0.25) is 0 Å². The van der Waals surface area contributed by atoms with Gasteiger partial charge in [-0.3, -0.25) is 4.79 Å². The molecule has 1 aromatic heterocycles. The Morgan fingerprint density at radius 3 is 2.65 bits per heavy atom. The molecule has 0 radical (unpaired) electrons. The second-order valence-corrected chi connectivity index (χ2v) is 4.75. The Morgan fingerprint density at radius 2 is 1.90 bits per heavy atom. The third kappa shape index (κ3) is 2.43. The normalized spacial score (nSPS) is 10.7. The van der Waals surface area contributed by atoms with Crippen LogP contribution in [0.25, 0.3) is 11.0 Å². The molecule has 1 N–H and O–H groups in total. The molecule has 0 amide bonds. The number of carbonyl (C=O) groups is 1. The minimum absolute atomic E-state index is 0.0514. The molecule has 0 fully saturated rings. The number of Topliss-reactive ketones (excluding diaryl/α,β-unsaturated/α-hetero) is 1. The van der Waals surface area contributed by atoms with Crippen LogP contribution in [0.4, 0.5) is 5.69 Å². The van der Waals surface area contributed by atoms with E-state index in [1.54, 1.807) is 6.07 Å². The van der Waals surface area contributed by atoms with Crippen molar-refractivity contribution in [3.8, 4) is 0 Å². The summed E-state index contributed by atoms with van der Waals surface area (Å²) in [6, 6.07) is 17.3. The van der Waals surface area contributed by atoms with Crippen molar-refractivity contribution in [2.24, 2.45) is 0 Å². The summed E-state index contributed by atoms with van der Waals surface area (Å²) in [7, 11) is 0. The third-order valence-corrected chi connectivity index (χ3v) is 3.24. The molecule has 3 aromatic rings. The van der Waals surface area contributed by atoms with Gasteiger partial charge >= 0.3 is 0 Å². The van der Waals surface area contributed by atoms with Crippen LogP contribution in [0, 0.1) is 6.92 Å². The van der Waals surface area contributed by atoms with Crippen LogP contribution in [-0.4, -0.2) is 12.3 Å². The summed E-state index contributed by atoms with van der Waals surface area (Å²) in [5.74, 6) is 0.349. The summed E-state index contributed by atoms with van der Waals surface area (Å²) in [6.45, 7) is 2.20. The van der Waals surface area contributed by atoms with E-state index in [1.165, 1.54) is 0 Å². The molecule has 3 nitrogen and oxygen atoms in total. The molecule has 0 saturated carbocycles. The Bertz CT molecular complexity index is 744. The van der Waals surface area contributed by atoms with Gasteiger partial charge in [-0.05, 0) is 30.7 Å². The van der Waals surface area contributed by atoms with Crippen molar-refractivity contribution in [2.45, 2.75) is 6.92 Å². The molecular formula is C17H15NO2. The van der Waals surface area contributed by atoms with Crippen LogP contribution in [0.3, 0.4) is 0 Å². The van der Waals surface area contributed by atoms with Crippen LogP contribution >= 0.6 is 0 Å². The van der Waals surface area contributed by atoms with Gasteiger partial charge in [0.2, 0.25) is 5.78 Å². The lowest BCUT2D eigenvalue weighted by Gasteiger charge is -2.03. The lowest BCUT2D eigenvalue weighted by atomic mass is 10.2.